The van der Waals surface area contributed by atoms with Gasteiger partial charge in [-0.05, 0) is 63.4 Å². The summed E-state index contributed by atoms with van der Waals surface area (Å²) in [5.74, 6) is -1.26. The molecule has 0 aromatic heterocycles. The summed E-state index contributed by atoms with van der Waals surface area (Å²) in [6, 6.07) is 9.30. The highest BCUT2D eigenvalue weighted by molar-refractivity contribution is 5.90. The molecule has 0 bridgehead atoms. The molecule has 3 atom stereocenters. The first-order valence-electron chi connectivity index (χ1n) is 13.3. The molecule has 3 rings (SSSR count). The van der Waals surface area contributed by atoms with Crippen LogP contribution in [-0.2, 0) is 30.4 Å². The minimum absolute atomic E-state index is 0.00228. The molecule has 36 heavy (non-hydrogen) atoms. The molecule has 198 valence electrons. The summed E-state index contributed by atoms with van der Waals surface area (Å²) in [5, 5.41) is 2.99. The number of hydrogen-bond acceptors (Lipinski definition) is 5. The molecule has 1 saturated heterocycles. The van der Waals surface area contributed by atoms with Crippen LogP contribution in [0.5, 0.6) is 0 Å². The van der Waals surface area contributed by atoms with Crippen molar-refractivity contribution in [3.63, 3.8) is 0 Å². The van der Waals surface area contributed by atoms with Crippen molar-refractivity contribution in [2.24, 2.45) is 5.92 Å². The van der Waals surface area contributed by atoms with Gasteiger partial charge in [-0.15, -0.1) is 0 Å². The summed E-state index contributed by atoms with van der Waals surface area (Å²) in [5.41, 5.74) is 3.58. The van der Waals surface area contributed by atoms with E-state index in [1.54, 1.807) is 11.9 Å². The lowest BCUT2D eigenvalue weighted by Crippen LogP contribution is -2.50. The van der Waals surface area contributed by atoms with Gasteiger partial charge in [0.25, 0.3) is 0 Å². The van der Waals surface area contributed by atoms with Crippen molar-refractivity contribution < 1.29 is 24.0 Å². The average Bonchev–Trinajstić information content (AvgIpc) is 2.90. The Morgan fingerprint density at radius 3 is 2.61 bits per heavy atom. The highest BCUT2D eigenvalue weighted by Crippen LogP contribution is 2.17. The fourth-order valence-corrected chi connectivity index (χ4v) is 4.57. The fourth-order valence-electron chi connectivity index (χ4n) is 4.57. The standard InChI is InChI=1S/C28H41N3O5/c1-31-19-11-5-3-2-4-9-15-23(21-25(32)30-36-26-16-10-12-20-35-26)27(33)29-24(28(31)34)18-17-22-13-7-6-8-14-22/h2-3,6-8,13-14,23-24,26H,4-5,9-12,15-21H2,1H3,(H,29,33)(H,30,32)/t23-,24+,26?/m1/s1. The van der Waals surface area contributed by atoms with Crippen LogP contribution in [0.1, 0.15) is 69.8 Å². The van der Waals surface area contributed by atoms with Gasteiger partial charge in [0.05, 0.1) is 0 Å². The molecule has 1 aromatic carbocycles. The SMILES string of the molecule is CN1CCCC=CCCC[C@H](CC(=O)NOC2CCCCO2)C(=O)N[C@@H](CCc2ccccc2)C1=O. The summed E-state index contributed by atoms with van der Waals surface area (Å²) in [6.45, 7) is 1.25. The van der Waals surface area contributed by atoms with Crippen LogP contribution in [-0.4, -0.2) is 55.2 Å². The zero-order valence-electron chi connectivity index (χ0n) is 21.5. The van der Waals surface area contributed by atoms with Crippen molar-refractivity contribution in [2.75, 3.05) is 20.2 Å². The zero-order valence-corrected chi connectivity index (χ0v) is 21.5. The van der Waals surface area contributed by atoms with Gasteiger partial charge in [0.15, 0.2) is 6.29 Å². The normalized spacial score (nSPS) is 24.6. The van der Waals surface area contributed by atoms with Crippen LogP contribution in [0.4, 0.5) is 0 Å². The van der Waals surface area contributed by atoms with Crippen molar-refractivity contribution in [1.29, 1.82) is 0 Å². The first kappa shape index (κ1) is 27.9. The summed E-state index contributed by atoms with van der Waals surface area (Å²) < 4.78 is 5.49. The van der Waals surface area contributed by atoms with E-state index >= 15 is 0 Å². The Labute approximate surface area is 214 Å². The highest BCUT2D eigenvalue weighted by atomic mass is 16.8. The summed E-state index contributed by atoms with van der Waals surface area (Å²) in [4.78, 5) is 46.4. The largest absolute Gasteiger partial charge is 0.350 e. The van der Waals surface area contributed by atoms with Gasteiger partial charge in [0.1, 0.15) is 6.04 Å². The Balaban J connectivity index is 1.65. The second-order valence-electron chi connectivity index (χ2n) is 9.73. The van der Waals surface area contributed by atoms with Crippen LogP contribution in [0.25, 0.3) is 0 Å². The molecule has 8 nitrogen and oxygen atoms in total. The molecule has 2 aliphatic heterocycles. The van der Waals surface area contributed by atoms with Crippen LogP contribution in [0, 0.1) is 5.92 Å². The Morgan fingerprint density at radius 1 is 1.08 bits per heavy atom. The number of rotatable bonds is 7. The minimum atomic E-state index is -0.640. The number of allylic oxidation sites excluding steroid dienone is 2. The molecule has 1 unspecified atom stereocenters. The molecule has 2 aliphatic rings. The number of hydrogen-bond donors (Lipinski definition) is 2. The van der Waals surface area contributed by atoms with Crippen LogP contribution >= 0.6 is 0 Å². The smallest absolute Gasteiger partial charge is 0.244 e. The predicted molar refractivity (Wildman–Crippen MR) is 137 cm³/mol. The monoisotopic (exact) mass is 499 g/mol. The maximum absolute atomic E-state index is 13.4. The van der Waals surface area contributed by atoms with Crippen molar-refractivity contribution >= 4 is 17.7 Å². The summed E-state index contributed by atoms with van der Waals surface area (Å²) in [7, 11) is 1.79. The number of aryl methyl sites for hydroxylation is 1. The number of carbonyl (C=O) groups is 3. The number of hydroxylamine groups is 1. The lowest BCUT2D eigenvalue weighted by molar-refractivity contribution is -0.200. The van der Waals surface area contributed by atoms with Gasteiger partial charge in [0, 0.05) is 39.0 Å². The quantitative estimate of drug-likeness (QED) is 0.441. The van der Waals surface area contributed by atoms with E-state index in [9.17, 15) is 14.4 Å². The van der Waals surface area contributed by atoms with E-state index in [4.69, 9.17) is 9.57 Å². The number of amides is 3. The van der Waals surface area contributed by atoms with Gasteiger partial charge >= 0.3 is 0 Å². The van der Waals surface area contributed by atoms with E-state index in [1.807, 2.05) is 30.3 Å². The predicted octanol–water partition coefficient (Wildman–Crippen LogP) is 3.66. The van der Waals surface area contributed by atoms with Gasteiger partial charge in [0.2, 0.25) is 17.7 Å². The van der Waals surface area contributed by atoms with Crippen LogP contribution in [0.2, 0.25) is 0 Å². The molecule has 0 aliphatic carbocycles. The molecule has 3 amide bonds. The van der Waals surface area contributed by atoms with Gasteiger partial charge < -0.3 is 15.0 Å². The lowest BCUT2D eigenvalue weighted by Gasteiger charge is -2.27. The number of ether oxygens (including phenoxy) is 1. The summed E-state index contributed by atoms with van der Waals surface area (Å²) in [6.07, 6.45) is 11.7. The van der Waals surface area contributed by atoms with Gasteiger partial charge in [-0.25, -0.2) is 10.3 Å². The Bertz CT molecular complexity index is 854. The molecule has 1 aromatic rings. The first-order valence-corrected chi connectivity index (χ1v) is 13.3. The molecule has 0 spiro atoms. The zero-order chi connectivity index (χ0) is 25.6. The molecule has 2 N–H and O–H groups in total. The topological polar surface area (TPSA) is 97.0 Å². The first-order chi connectivity index (χ1) is 17.5. The maximum atomic E-state index is 13.4. The second kappa shape index (κ2) is 15.4. The van der Waals surface area contributed by atoms with Crippen LogP contribution in [0.15, 0.2) is 42.5 Å². The number of likely N-dealkylation sites (N-methyl/N-ethyl adjacent to an activating group) is 1. The molecule has 0 saturated carbocycles. The van der Waals surface area contributed by atoms with Gasteiger partial charge in [-0.1, -0.05) is 42.5 Å². The van der Waals surface area contributed by atoms with E-state index < -0.39 is 18.2 Å². The van der Waals surface area contributed by atoms with E-state index in [0.29, 0.717) is 32.4 Å². The van der Waals surface area contributed by atoms with Crippen molar-refractivity contribution in [2.45, 2.75) is 83.0 Å². The van der Waals surface area contributed by atoms with E-state index in [-0.39, 0.29) is 24.1 Å². The molecular formula is C28H41N3O5. The number of benzene rings is 1. The number of nitrogens with zero attached hydrogens (tertiary/aromatic N) is 1. The van der Waals surface area contributed by atoms with Crippen LogP contribution in [0.3, 0.4) is 0 Å². The molecule has 1 fully saturated rings. The van der Waals surface area contributed by atoms with E-state index in [0.717, 1.165) is 50.5 Å². The molecule has 0 radical (unpaired) electrons. The number of nitrogens with one attached hydrogen (secondary N) is 2. The van der Waals surface area contributed by atoms with Crippen LogP contribution < -0.4 is 10.8 Å². The van der Waals surface area contributed by atoms with Crippen molar-refractivity contribution in [1.82, 2.24) is 15.7 Å². The lowest BCUT2D eigenvalue weighted by atomic mass is 9.95. The fraction of sp³-hybridized carbons (Fsp3) is 0.607. The number of carbonyl (C=O) groups excluding carboxylic acids is 3. The Hall–Kier alpha value is -2.71. The Morgan fingerprint density at radius 2 is 1.86 bits per heavy atom. The molecule has 2 heterocycles. The molecular weight excluding hydrogens is 458 g/mol. The Kier molecular flexibility index (Phi) is 11.9. The average molecular weight is 500 g/mol. The minimum Gasteiger partial charge on any atom is -0.350 e. The van der Waals surface area contributed by atoms with E-state index in [2.05, 4.69) is 22.9 Å². The van der Waals surface area contributed by atoms with Crippen molar-refractivity contribution in [3.8, 4) is 0 Å². The third-order valence-corrected chi connectivity index (χ3v) is 6.75. The molecule has 8 heteroatoms. The second-order valence-corrected chi connectivity index (χ2v) is 9.73. The van der Waals surface area contributed by atoms with E-state index in [1.165, 1.54) is 0 Å². The third-order valence-electron chi connectivity index (χ3n) is 6.75. The van der Waals surface area contributed by atoms with Gasteiger partial charge in [-0.3, -0.25) is 14.4 Å². The maximum Gasteiger partial charge on any atom is 0.244 e. The van der Waals surface area contributed by atoms with Gasteiger partial charge in [-0.2, -0.15) is 0 Å². The summed E-state index contributed by atoms with van der Waals surface area (Å²) >= 11 is 0. The highest BCUT2D eigenvalue weighted by Gasteiger charge is 2.29. The third kappa shape index (κ3) is 9.74. The van der Waals surface area contributed by atoms with Crippen molar-refractivity contribution in [3.05, 3.63) is 48.0 Å².